The molecule has 1 aromatic rings. The predicted octanol–water partition coefficient (Wildman–Crippen LogP) is 1.54. The van der Waals surface area contributed by atoms with Gasteiger partial charge in [-0.3, -0.25) is 4.98 Å². The smallest absolute Gasteiger partial charge is 0.240 e. The second-order valence-corrected chi connectivity index (χ2v) is 2.86. The number of fused-ring (bicyclic) bond motifs is 1. The molecule has 1 aromatic heterocycles. The van der Waals surface area contributed by atoms with Crippen LogP contribution in [-0.2, 0) is 17.6 Å². The van der Waals surface area contributed by atoms with E-state index in [9.17, 15) is 4.79 Å². The molecule has 0 saturated heterocycles. The summed E-state index contributed by atoms with van der Waals surface area (Å²) < 4.78 is 0. The van der Waals surface area contributed by atoms with Crippen LogP contribution in [0.3, 0.4) is 0 Å². The summed E-state index contributed by atoms with van der Waals surface area (Å²) in [5.74, 6) is 0. The Morgan fingerprint density at radius 1 is 1.50 bits per heavy atom. The Bertz CT molecular complexity index is 354. The van der Waals surface area contributed by atoms with Crippen molar-refractivity contribution in [1.82, 2.24) is 4.98 Å². The van der Waals surface area contributed by atoms with E-state index in [1.807, 2.05) is 6.07 Å². The van der Waals surface area contributed by atoms with Gasteiger partial charge >= 0.3 is 0 Å². The highest BCUT2D eigenvalue weighted by Crippen LogP contribution is 2.23. The standard InChI is InChI=1S/C9H8N2O/c12-6-11-8-4-7-2-1-3-9(7)10-5-8/h4-5H,1-3H2. The van der Waals surface area contributed by atoms with Gasteiger partial charge < -0.3 is 0 Å². The van der Waals surface area contributed by atoms with Gasteiger partial charge in [0.1, 0.15) is 0 Å². The molecular formula is C9H8N2O. The van der Waals surface area contributed by atoms with E-state index >= 15 is 0 Å². The molecule has 1 aliphatic rings. The number of hydrogen-bond donors (Lipinski definition) is 0. The van der Waals surface area contributed by atoms with Gasteiger partial charge in [0.15, 0.2) is 0 Å². The number of aromatic nitrogens is 1. The van der Waals surface area contributed by atoms with Gasteiger partial charge in [-0.1, -0.05) is 0 Å². The van der Waals surface area contributed by atoms with Gasteiger partial charge in [0.2, 0.25) is 6.08 Å². The van der Waals surface area contributed by atoms with Crippen LogP contribution in [0.25, 0.3) is 0 Å². The maximum Gasteiger partial charge on any atom is 0.240 e. The van der Waals surface area contributed by atoms with E-state index in [1.165, 1.54) is 11.6 Å². The molecule has 0 atom stereocenters. The van der Waals surface area contributed by atoms with Gasteiger partial charge in [-0.15, -0.1) is 0 Å². The van der Waals surface area contributed by atoms with Crippen LogP contribution in [0.2, 0.25) is 0 Å². The Kier molecular flexibility index (Phi) is 1.72. The van der Waals surface area contributed by atoms with E-state index < -0.39 is 0 Å². The van der Waals surface area contributed by atoms with Gasteiger partial charge in [-0.25, -0.2) is 4.79 Å². The zero-order chi connectivity index (χ0) is 8.39. The van der Waals surface area contributed by atoms with Crippen LogP contribution < -0.4 is 0 Å². The van der Waals surface area contributed by atoms with Gasteiger partial charge in [-0.05, 0) is 30.9 Å². The molecule has 1 aliphatic carbocycles. The first-order chi connectivity index (χ1) is 5.90. The monoisotopic (exact) mass is 160 g/mol. The fraction of sp³-hybridized carbons (Fsp3) is 0.333. The Hall–Kier alpha value is -1.47. The van der Waals surface area contributed by atoms with Gasteiger partial charge in [0, 0.05) is 5.69 Å². The molecule has 0 saturated carbocycles. The molecular weight excluding hydrogens is 152 g/mol. The lowest BCUT2D eigenvalue weighted by Crippen LogP contribution is -1.85. The number of aryl methyl sites for hydroxylation is 2. The van der Waals surface area contributed by atoms with Crippen LogP contribution in [0.1, 0.15) is 17.7 Å². The molecule has 0 aromatic carbocycles. The molecule has 0 bridgehead atoms. The van der Waals surface area contributed by atoms with E-state index in [0.29, 0.717) is 5.69 Å². The Morgan fingerprint density at radius 2 is 2.42 bits per heavy atom. The van der Waals surface area contributed by atoms with Gasteiger partial charge in [0.05, 0.1) is 11.9 Å². The molecule has 0 N–H and O–H groups in total. The third kappa shape index (κ3) is 1.15. The minimum atomic E-state index is 0.616. The molecule has 3 heteroatoms. The quantitative estimate of drug-likeness (QED) is 0.462. The van der Waals surface area contributed by atoms with Crippen molar-refractivity contribution in [3.63, 3.8) is 0 Å². The van der Waals surface area contributed by atoms with Crippen molar-refractivity contribution in [2.24, 2.45) is 4.99 Å². The van der Waals surface area contributed by atoms with Crippen LogP contribution >= 0.6 is 0 Å². The van der Waals surface area contributed by atoms with Crippen LogP contribution in [0, 0.1) is 0 Å². The van der Waals surface area contributed by atoms with Gasteiger partial charge in [0.25, 0.3) is 0 Å². The van der Waals surface area contributed by atoms with Crippen molar-refractivity contribution in [3.05, 3.63) is 23.5 Å². The molecule has 3 nitrogen and oxygen atoms in total. The van der Waals surface area contributed by atoms with E-state index in [-0.39, 0.29) is 0 Å². The number of aliphatic imine (C=N–C) groups is 1. The lowest BCUT2D eigenvalue weighted by molar-refractivity contribution is 0.565. The normalized spacial score (nSPS) is 13.7. The largest absolute Gasteiger partial charge is 0.259 e. The minimum absolute atomic E-state index is 0.616. The average molecular weight is 160 g/mol. The van der Waals surface area contributed by atoms with Crippen molar-refractivity contribution >= 4 is 11.8 Å². The van der Waals surface area contributed by atoms with Gasteiger partial charge in [-0.2, -0.15) is 4.99 Å². The third-order valence-electron chi connectivity index (χ3n) is 2.08. The van der Waals surface area contributed by atoms with E-state index in [4.69, 9.17) is 0 Å². The number of carbonyl (C=O) groups excluding carboxylic acids is 1. The lowest BCUT2D eigenvalue weighted by atomic mass is 10.2. The number of pyridine rings is 1. The molecule has 60 valence electrons. The zero-order valence-electron chi connectivity index (χ0n) is 6.58. The predicted molar refractivity (Wildman–Crippen MR) is 44.0 cm³/mol. The Morgan fingerprint density at radius 3 is 3.25 bits per heavy atom. The SMILES string of the molecule is O=C=Nc1cnc2c(c1)CCC2. The molecule has 0 amide bonds. The number of nitrogens with zero attached hydrogens (tertiary/aromatic N) is 2. The zero-order valence-corrected chi connectivity index (χ0v) is 6.58. The van der Waals surface area contributed by atoms with E-state index in [2.05, 4.69) is 9.98 Å². The maximum absolute atomic E-state index is 9.96. The maximum atomic E-state index is 9.96. The van der Waals surface area contributed by atoms with Crippen molar-refractivity contribution in [3.8, 4) is 0 Å². The summed E-state index contributed by atoms with van der Waals surface area (Å²) in [5.41, 5.74) is 3.00. The fourth-order valence-electron chi connectivity index (χ4n) is 1.53. The summed E-state index contributed by atoms with van der Waals surface area (Å²) in [6.07, 6.45) is 6.41. The van der Waals surface area contributed by atoms with Crippen molar-refractivity contribution < 1.29 is 4.79 Å². The van der Waals surface area contributed by atoms with Crippen molar-refractivity contribution in [1.29, 1.82) is 0 Å². The van der Waals surface area contributed by atoms with E-state index in [0.717, 1.165) is 25.0 Å². The minimum Gasteiger partial charge on any atom is -0.259 e. The molecule has 0 unspecified atom stereocenters. The summed E-state index contributed by atoms with van der Waals surface area (Å²) in [4.78, 5) is 17.7. The second kappa shape index (κ2) is 2.88. The topological polar surface area (TPSA) is 42.3 Å². The summed E-state index contributed by atoms with van der Waals surface area (Å²) in [5, 5.41) is 0. The average Bonchev–Trinajstić information content (AvgIpc) is 2.51. The molecule has 0 spiro atoms. The second-order valence-electron chi connectivity index (χ2n) is 2.86. The number of isocyanates is 1. The van der Waals surface area contributed by atoms with Crippen LogP contribution in [0.15, 0.2) is 17.3 Å². The van der Waals surface area contributed by atoms with Crippen LogP contribution in [0.5, 0.6) is 0 Å². The fourth-order valence-corrected chi connectivity index (χ4v) is 1.53. The molecule has 1 heterocycles. The Balaban J connectivity index is 2.45. The van der Waals surface area contributed by atoms with Crippen molar-refractivity contribution in [2.45, 2.75) is 19.3 Å². The first kappa shape index (κ1) is 7.19. The number of rotatable bonds is 1. The van der Waals surface area contributed by atoms with Crippen LogP contribution in [-0.4, -0.2) is 11.1 Å². The molecule has 0 fully saturated rings. The Labute approximate surface area is 70.2 Å². The van der Waals surface area contributed by atoms with Crippen molar-refractivity contribution in [2.75, 3.05) is 0 Å². The van der Waals surface area contributed by atoms with E-state index in [1.54, 1.807) is 6.20 Å². The first-order valence-corrected chi connectivity index (χ1v) is 3.96. The molecule has 0 aliphatic heterocycles. The summed E-state index contributed by atoms with van der Waals surface area (Å²) >= 11 is 0. The lowest BCUT2D eigenvalue weighted by Gasteiger charge is -1.96. The first-order valence-electron chi connectivity index (χ1n) is 3.96. The molecule has 12 heavy (non-hydrogen) atoms. The highest BCUT2D eigenvalue weighted by Gasteiger charge is 2.11. The third-order valence-corrected chi connectivity index (χ3v) is 2.08. The summed E-state index contributed by atoms with van der Waals surface area (Å²) in [6, 6.07) is 1.92. The summed E-state index contributed by atoms with van der Waals surface area (Å²) in [7, 11) is 0. The van der Waals surface area contributed by atoms with Crippen LogP contribution in [0.4, 0.5) is 5.69 Å². The highest BCUT2D eigenvalue weighted by atomic mass is 16.1. The highest BCUT2D eigenvalue weighted by molar-refractivity contribution is 5.49. The number of hydrogen-bond acceptors (Lipinski definition) is 3. The molecule has 2 rings (SSSR count). The summed E-state index contributed by atoms with van der Waals surface area (Å²) in [6.45, 7) is 0. The molecule has 0 radical (unpaired) electrons.